The third kappa shape index (κ3) is 3.40. The van der Waals surface area contributed by atoms with Crippen molar-refractivity contribution in [2.45, 2.75) is 12.5 Å². The van der Waals surface area contributed by atoms with Crippen LogP contribution in [-0.4, -0.2) is 30.0 Å². The standard InChI is InChI=1S/C16H15N3OS2.ClH/c20-15(18-10-7-8-17-9-10)13-5-6-14(21-13)16-19-11-3-1-2-4-12(11)22-16;/h1-6,10,17H,7-9H2,(H,18,20);1H. The Morgan fingerprint density at radius 3 is 2.87 bits per heavy atom. The van der Waals surface area contributed by atoms with Crippen molar-refractivity contribution in [1.82, 2.24) is 15.6 Å². The Hall–Kier alpha value is -1.47. The van der Waals surface area contributed by atoms with Crippen LogP contribution in [0.2, 0.25) is 0 Å². The van der Waals surface area contributed by atoms with Crippen LogP contribution in [0.25, 0.3) is 20.1 Å². The molecule has 3 heterocycles. The highest BCUT2D eigenvalue weighted by Gasteiger charge is 2.19. The molecule has 120 valence electrons. The third-order valence-electron chi connectivity index (χ3n) is 3.73. The Labute approximate surface area is 148 Å². The normalized spacial score (nSPS) is 17.1. The molecule has 0 spiro atoms. The van der Waals surface area contributed by atoms with Crippen LogP contribution in [0.1, 0.15) is 16.1 Å². The van der Waals surface area contributed by atoms with Gasteiger partial charge in [-0.1, -0.05) is 12.1 Å². The van der Waals surface area contributed by atoms with Crippen LogP contribution in [0, 0.1) is 0 Å². The Bertz CT molecular complexity index is 790. The van der Waals surface area contributed by atoms with Crippen molar-refractivity contribution in [3.8, 4) is 9.88 Å². The van der Waals surface area contributed by atoms with Gasteiger partial charge in [-0.2, -0.15) is 0 Å². The van der Waals surface area contributed by atoms with Crippen LogP contribution in [0.4, 0.5) is 0 Å². The summed E-state index contributed by atoms with van der Waals surface area (Å²) in [5.41, 5.74) is 1.01. The number of fused-ring (bicyclic) bond motifs is 1. The predicted octanol–water partition coefficient (Wildman–Crippen LogP) is 3.54. The number of hydrogen-bond donors (Lipinski definition) is 2. The second-order valence-electron chi connectivity index (χ2n) is 5.31. The molecule has 4 rings (SSSR count). The maximum Gasteiger partial charge on any atom is 0.261 e. The van der Waals surface area contributed by atoms with Gasteiger partial charge in [0.05, 0.1) is 20.0 Å². The molecular formula is C16H16ClN3OS2. The van der Waals surface area contributed by atoms with Crippen LogP contribution < -0.4 is 10.6 Å². The number of amides is 1. The number of halogens is 1. The maximum atomic E-state index is 12.3. The van der Waals surface area contributed by atoms with Crippen LogP contribution in [0.3, 0.4) is 0 Å². The molecule has 1 saturated heterocycles. The number of hydrogen-bond acceptors (Lipinski definition) is 5. The van der Waals surface area contributed by atoms with Crippen molar-refractivity contribution in [3.05, 3.63) is 41.3 Å². The second kappa shape index (κ2) is 6.97. The predicted molar refractivity (Wildman–Crippen MR) is 98.9 cm³/mol. The van der Waals surface area contributed by atoms with Crippen LogP contribution >= 0.6 is 35.1 Å². The van der Waals surface area contributed by atoms with Gasteiger partial charge in [-0.05, 0) is 37.2 Å². The van der Waals surface area contributed by atoms with Crippen molar-refractivity contribution in [3.63, 3.8) is 0 Å². The zero-order valence-corrected chi connectivity index (χ0v) is 14.7. The van der Waals surface area contributed by atoms with E-state index in [0.717, 1.165) is 39.8 Å². The van der Waals surface area contributed by atoms with E-state index in [1.54, 1.807) is 11.3 Å². The van der Waals surface area contributed by atoms with E-state index in [2.05, 4.69) is 21.7 Å². The number of thiazole rings is 1. The van der Waals surface area contributed by atoms with Crippen LogP contribution in [0.15, 0.2) is 36.4 Å². The lowest BCUT2D eigenvalue weighted by Crippen LogP contribution is -2.35. The number of benzene rings is 1. The molecule has 2 aromatic heterocycles. The lowest BCUT2D eigenvalue weighted by molar-refractivity contribution is 0.0944. The van der Waals surface area contributed by atoms with E-state index in [4.69, 9.17) is 0 Å². The van der Waals surface area contributed by atoms with E-state index < -0.39 is 0 Å². The number of carbonyl (C=O) groups excluding carboxylic acids is 1. The Morgan fingerprint density at radius 1 is 1.22 bits per heavy atom. The molecule has 0 bridgehead atoms. The Balaban J connectivity index is 0.00000156. The molecule has 1 aliphatic rings. The lowest BCUT2D eigenvalue weighted by atomic mass is 10.2. The molecule has 0 saturated carbocycles. The Kier molecular flexibility index (Phi) is 4.96. The minimum atomic E-state index is 0. The molecule has 3 aromatic rings. The number of aromatic nitrogens is 1. The first-order valence-electron chi connectivity index (χ1n) is 7.27. The average Bonchev–Trinajstić information content (AvgIpc) is 3.26. The van der Waals surface area contributed by atoms with E-state index in [0.29, 0.717) is 0 Å². The average molecular weight is 366 g/mol. The van der Waals surface area contributed by atoms with Crippen molar-refractivity contribution < 1.29 is 4.79 Å². The first-order valence-corrected chi connectivity index (χ1v) is 8.90. The highest BCUT2D eigenvalue weighted by Crippen LogP contribution is 2.34. The van der Waals surface area contributed by atoms with Crippen LogP contribution in [-0.2, 0) is 0 Å². The van der Waals surface area contributed by atoms with E-state index in [1.165, 1.54) is 16.0 Å². The van der Waals surface area contributed by atoms with Gasteiger partial charge in [0.1, 0.15) is 5.01 Å². The van der Waals surface area contributed by atoms with Crippen molar-refractivity contribution >= 4 is 51.2 Å². The van der Waals surface area contributed by atoms with Crippen LogP contribution in [0.5, 0.6) is 0 Å². The summed E-state index contributed by atoms with van der Waals surface area (Å²) in [6.45, 7) is 1.84. The summed E-state index contributed by atoms with van der Waals surface area (Å²) in [4.78, 5) is 18.7. The minimum Gasteiger partial charge on any atom is -0.347 e. The van der Waals surface area contributed by atoms with E-state index in [-0.39, 0.29) is 24.4 Å². The molecule has 7 heteroatoms. The molecule has 1 unspecified atom stereocenters. The monoisotopic (exact) mass is 365 g/mol. The molecule has 0 aliphatic carbocycles. The topological polar surface area (TPSA) is 54.0 Å². The van der Waals surface area contributed by atoms with Gasteiger partial charge in [-0.15, -0.1) is 35.1 Å². The number of nitrogens with one attached hydrogen (secondary N) is 2. The fraction of sp³-hybridized carbons (Fsp3) is 0.250. The molecule has 1 fully saturated rings. The SMILES string of the molecule is Cl.O=C(NC1CCNC1)c1ccc(-c2nc3ccccc3s2)s1. The summed E-state index contributed by atoms with van der Waals surface area (Å²) in [6, 6.07) is 12.2. The fourth-order valence-corrected chi connectivity index (χ4v) is 4.52. The van der Waals surface area contributed by atoms with E-state index in [9.17, 15) is 4.79 Å². The fourth-order valence-electron chi connectivity index (χ4n) is 2.59. The summed E-state index contributed by atoms with van der Waals surface area (Å²) in [7, 11) is 0. The minimum absolute atomic E-state index is 0. The largest absolute Gasteiger partial charge is 0.347 e. The summed E-state index contributed by atoms with van der Waals surface area (Å²) in [5.74, 6) is 0.0195. The summed E-state index contributed by atoms with van der Waals surface area (Å²) >= 11 is 3.17. The summed E-state index contributed by atoms with van der Waals surface area (Å²) < 4.78 is 1.17. The molecule has 1 aliphatic heterocycles. The number of thiophene rings is 1. The third-order valence-corrected chi connectivity index (χ3v) is 6.02. The highest BCUT2D eigenvalue weighted by molar-refractivity contribution is 7.26. The van der Waals surface area contributed by atoms with Gasteiger partial charge in [-0.25, -0.2) is 4.98 Å². The number of carbonyl (C=O) groups is 1. The molecule has 0 radical (unpaired) electrons. The quantitative estimate of drug-likeness (QED) is 0.746. The second-order valence-corrected chi connectivity index (χ2v) is 7.43. The van der Waals surface area contributed by atoms with Gasteiger partial charge >= 0.3 is 0 Å². The van der Waals surface area contributed by atoms with E-state index in [1.807, 2.05) is 30.3 Å². The zero-order chi connectivity index (χ0) is 14.9. The molecule has 2 N–H and O–H groups in total. The molecule has 1 amide bonds. The van der Waals surface area contributed by atoms with Gasteiger partial charge in [0.15, 0.2) is 0 Å². The van der Waals surface area contributed by atoms with E-state index >= 15 is 0 Å². The summed E-state index contributed by atoms with van der Waals surface area (Å²) in [5, 5.41) is 7.31. The first kappa shape index (κ1) is 16.4. The molecular weight excluding hydrogens is 350 g/mol. The maximum absolute atomic E-state index is 12.3. The number of nitrogens with zero attached hydrogens (tertiary/aromatic N) is 1. The van der Waals surface area contributed by atoms with Crippen molar-refractivity contribution in [2.24, 2.45) is 0 Å². The zero-order valence-electron chi connectivity index (χ0n) is 12.2. The molecule has 23 heavy (non-hydrogen) atoms. The smallest absolute Gasteiger partial charge is 0.261 e. The Morgan fingerprint density at radius 2 is 2.09 bits per heavy atom. The van der Waals surface area contributed by atoms with Gasteiger partial charge in [-0.3, -0.25) is 4.79 Å². The lowest BCUT2D eigenvalue weighted by Gasteiger charge is -2.09. The van der Waals surface area contributed by atoms with Gasteiger partial charge in [0.25, 0.3) is 5.91 Å². The highest BCUT2D eigenvalue weighted by atomic mass is 35.5. The van der Waals surface area contributed by atoms with Gasteiger partial charge in [0, 0.05) is 12.6 Å². The van der Waals surface area contributed by atoms with Gasteiger partial charge < -0.3 is 10.6 Å². The number of para-hydroxylation sites is 1. The van der Waals surface area contributed by atoms with Crippen molar-refractivity contribution in [2.75, 3.05) is 13.1 Å². The molecule has 1 aromatic carbocycles. The van der Waals surface area contributed by atoms with Gasteiger partial charge in [0.2, 0.25) is 0 Å². The van der Waals surface area contributed by atoms with Crippen molar-refractivity contribution in [1.29, 1.82) is 0 Å². The molecule has 1 atom stereocenters. The molecule has 4 nitrogen and oxygen atoms in total. The number of rotatable bonds is 3. The first-order chi connectivity index (χ1) is 10.8. The summed E-state index contributed by atoms with van der Waals surface area (Å²) in [6.07, 6.45) is 1.00.